The van der Waals surface area contributed by atoms with Gasteiger partial charge in [-0.25, -0.2) is 0 Å². The van der Waals surface area contributed by atoms with Gasteiger partial charge in [0.15, 0.2) is 0 Å². The van der Waals surface area contributed by atoms with E-state index in [0.29, 0.717) is 52.8 Å². The van der Waals surface area contributed by atoms with Crippen molar-refractivity contribution in [1.82, 2.24) is 0 Å². The predicted octanol–water partition coefficient (Wildman–Crippen LogP) is 14.8. The van der Waals surface area contributed by atoms with Crippen LogP contribution in [0.25, 0.3) is 33.4 Å². The standard InChI is InChI=1S/C63H62O5/c1-8-68-61-53-33-49-28-43(40-20-14-10-15-21-40)25-46(58(49)65)30-45-24-42(39-18-12-9-13-19-39)26-47(57(45)64)31-51-35-55(62(2,3)4)36-52(60(51)67)32-48-27-44(41-22-16-11-17-23-41)29-50(59(48)66)34-54(61)38-56(37-53)63(5,6)7/h9-29,35-38,64-67H,8,30-34H2,1-7H3. The molecule has 5 heteroatoms. The first-order valence-electron chi connectivity index (χ1n) is 23.9. The van der Waals surface area contributed by atoms with Gasteiger partial charge in [0, 0.05) is 32.1 Å². The van der Waals surface area contributed by atoms with Crippen molar-refractivity contribution in [2.24, 2.45) is 0 Å². The minimum Gasteiger partial charge on any atom is -0.507 e. The number of benzene rings is 8. The molecule has 8 aromatic carbocycles. The predicted molar refractivity (Wildman–Crippen MR) is 278 cm³/mol. The second kappa shape index (κ2) is 18.4. The SMILES string of the molecule is CCOc1c2cc(C(C)(C)C)cc1Cc1cc(-c3ccccc3)cc(c1O)Cc1cc(C(C)(C)C)cc(c1O)Cc1cc(-c3ccccc3)cc(c1O)Cc1cc(-c3ccccc3)cc(c1O)C2. The lowest BCUT2D eigenvalue weighted by Crippen LogP contribution is -2.14. The molecule has 0 atom stereocenters. The number of fused-ring (bicyclic) bond motifs is 10. The molecule has 1 aliphatic carbocycles. The smallest absolute Gasteiger partial charge is 0.126 e. The van der Waals surface area contributed by atoms with E-state index in [4.69, 9.17) is 4.74 Å². The van der Waals surface area contributed by atoms with Gasteiger partial charge in [0.25, 0.3) is 0 Å². The van der Waals surface area contributed by atoms with Crippen LogP contribution in [0.5, 0.6) is 28.7 Å². The van der Waals surface area contributed by atoms with Gasteiger partial charge in [-0.3, -0.25) is 0 Å². The van der Waals surface area contributed by atoms with E-state index in [2.05, 4.69) is 114 Å². The lowest BCUT2D eigenvalue weighted by molar-refractivity contribution is 0.333. The molecule has 0 saturated carbocycles. The molecule has 0 radical (unpaired) electrons. The lowest BCUT2D eigenvalue weighted by atomic mass is 9.81. The minimum absolute atomic E-state index is 0.117. The third-order valence-corrected chi connectivity index (χ3v) is 13.6. The summed E-state index contributed by atoms with van der Waals surface area (Å²) in [7, 11) is 0. The molecule has 5 nitrogen and oxygen atoms in total. The molecule has 1 aliphatic rings. The highest BCUT2D eigenvalue weighted by molar-refractivity contribution is 5.72. The fraction of sp³-hybridized carbons (Fsp3) is 0.238. The zero-order valence-corrected chi connectivity index (χ0v) is 40.4. The van der Waals surface area contributed by atoms with E-state index in [-0.39, 0.29) is 53.1 Å². The Morgan fingerprint density at radius 2 is 0.574 bits per heavy atom. The van der Waals surface area contributed by atoms with Crippen LogP contribution in [0.2, 0.25) is 0 Å². The molecule has 0 aliphatic heterocycles. The molecule has 344 valence electrons. The average Bonchev–Trinajstić information content (AvgIpc) is 3.32. The second-order valence-electron chi connectivity index (χ2n) is 20.6. The van der Waals surface area contributed by atoms with Crippen LogP contribution in [0, 0.1) is 0 Å². The fourth-order valence-corrected chi connectivity index (χ4v) is 9.75. The maximum atomic E-state index is 12.6. The monoisotopic (exact) mass is 898 g/mol. The Labute approximate surface area is 402 Å². The molecule has 10 bridgehead atoms. The van der Waals surface area contributed by atoms with Gasteiger partial charge < -0.3 is 25.2 Å². The first-order chi connectivity index (χ1) is 32.5. The van der Waals surface area contributed by atoms with Gasteiger partial charge in [-0.05, 0) is 154 Å². The number of hydrogen-bond acceptors (Lipinski definition) is 5. The number of aromatic hydroxyl groups is 4. The molecule has 0 fully saturated rings. The van der Waals surface area contributed by atoms with Gasteiger partial charge in [-0.1, -0.05) is 157 Å². The number of rotatable bonds is 5. The Bertz CT molecular complexity index is 3140. The molecule has 9 rings (SSSR count). The third-order valence-electron chi connectivity index (χ3n) is 13.6. The van der Waals surface area contributed by atoms with Crippen molar-refractivity contribution >= 4 is 0 Å². The summed E-state index contributed by atoms with van der Waals surface area (Å²) in [5.74, 6) is 1.30. The molecule has 0 amide bonds. The zero-order valence-electron chi connectivity index (χ0n) is 40.4. The molecule has 0 saturated heterocycles. The van der Waals surface area contributed by atoms with E-state index in [1.807, 2.05) is 85.8 Å². The van der Waals surface area contributed by atoms with Crippen LogP contribution in [-0.2, 0) is 42.9 Å². The minimum atomic E-state index is -0.284. The lowest BCUT2D eigenvalue weighted by Gasteiger charge is -2.25. The van der Waals surface area contributed by atoms with Crippen molar-refractivity contribution in [3.05, 3.63) is 218 Å². The summed E-state index contributed by atoms with van der Waals surface area (Å²) in [5, 5.41) is 50.1. The highest BCUT2D eigenvalue weighted by Gasteiger charge is 2.26. The summed E-state index contributed by atoms with van der Waals surface area (Å²) >= 11 is 0. The third kappa shape index (κ3) is 9.49. The van der Waals surface area contributed by atoms with Crippen molar-refractivity contribution in [3.8, 4) is 62.1 Å². The molecule has 0 aromatic heterocycles. The van der Waals surface area contributed by atoms with Crippen LogP contribution in [0.15, 0.2) is 152 Å². The Balaban J connectivity index is 1.37. The molecule has 68 heavy (non-hydrogen) atoms. The average molecular weight is 899 g/mol. The van der Waals surface area contributed by atoms with Crippen molar-refractivity contribution in [2.45, 2.75) is 91.4 Å². The van der Waals surface area contributed by atoms with Crippen LogP contribution >= 0.6 is 0 Å². The van der Waals surface area contributed by atoms with Crippen LogP contribution in [0.4, 0.5) is 0 Å². The Hall–Kier alpha value is -7.24. The van der Waals surface area contributed by atoms with Crippen LogP contribution in [0.1, 0.15) is 115 Å². The van der Waals surface area contributed by atoms with Gasteiger partial charge in [-0.15, -0.1) is 0 Å². The van der Waals surface area contributed by atoms with E-state index < -0.39 is 0 Å². The summed E-state index contributed by atoms with van der Waals surface area (Å²) in [6.07, 6.45) is 1.52. The summed E-state index contributed by atoms with van der Waals surface area (Å²) in [6, 6.07) is 51.4. The van der Waals surface area contributed by atoms with E-state index in [9.17, 15) is 20.4 Å². The van der Waals surface area contributed by atoms with Gasteiger partial charge in [0.05, 0.1) is 6.61 Å². The molecule has 0 heterocycles. The second-order valence-corrected chi connectivity index (χ2v) is 20.6. The van der Waals surface area contributed by atoms with Crippen molar-refractivity contribution < 1.29 is 25.2 Å². The van der Waals surface area contributed by atoms with Crippen LogP contribution in [0.3, 0.4) is 0 Å². The van der Waals surface area contributed by atoms with Crippen LogP contribution < -0.4 is 4.74 Å². The number of ether oxygens (including phenoxy) is 1. The zero-order chi connectivity index (χ0) is 47.9. The molecule has 4 N–H and O–H groups in total. The number of hydrogen-bond donors (Lipinski definition) is 4. The van der Waals surface area contributed by atoms with Crippen LogP contribution in [-0.4, -0.2) is 27.0 Å². The normalized spacial score (nSPS) is 12.9. The van der Waals surface area contributed by atoms with Gasteiger partial charge >= 0.3 is 0 Å². The largest absolute Gasteiger partial charge is 0.507 e. The summed E-state index contributed by atoms with van der Waals surface area (Å²) < 4.78 is 6.66. The molecular formula is C63H62O5. The van der Waals surface area contributed by atoms with E-state index >= 15 is 0 Å². The molecule has 0 unspecified atom stereocenters. The Kier molecular flexibility index (Phi) is 12.5. The summed E-state index contributed by atoms with van der Waals surface area (Å²) in [6.45, 7) is 15.5. The first kappa shape index (κ1) is 45.9. The maximum absolute atomic E-state index is 12.6. The molecule has 0 spiro atoms. The highest BCUT2D eigenvalue weighted by atomic mass is 16.5. The maximum Gasteiger partial charge on any atom is 0.126 e. The highest BCUT2D eigenvalue weighted by Crippen LogP contribution is 2.44. The van der Waals surface area contributed by atoms with E-state index in [0.717, 1.165) is 72.5 Å². The Morgan fingerprint density at radius 3 is 0.824 bits per heavy atom. The summed E-state index contributed by atoms with van der Waals surface area (Å²) in [4.78, 5) is 0. The van der Waals surface area contributed by atoms with E-state index in [1.54, 1.807) is 0 Å². The van der Waals surface area contributed by atoms with Crippen molar-refractivity contribution in [2.75, 3.05) is 6.61 Å². The van der Waals surface area contributed by atoms with Gasteiger partial charge in [-0.2, -0.15) is 0 Å². The number of phenols is 4. The quantitative estimate of drug-likeness (QED) is 0.138. The number of phenolic OH excluding ortho intramolecular Hbond substituents is 4. The fourth-order valence-electron chi connectivity index (χ4n) is 9.75. The van der Waals surface area contributed by atoms with Crippen molar-refractivity contribution in [3.63, 3.8) is 0 Å². The molecular weight excluding hydrogens is 837 g/mol. The topological polar surface area (TPSA) is 90.2 Å². The first-order valence-corrected chi connectivity index (χ1v) is 23.9. The molecule has 8 aromatic rings. The summed E-state index contributed by atoms with van der Waals surface area (Å²) in [5.41, 5.74) is 14.9. The van der Waals surface area contributed by atoms with Gasteiger partial charge in [0.2, 0.25) is 0 Å². The Morgan fingerprint density at radius 1 is 0.338 bits per heavy atom. The van der Waals surface area contributed by atoms with Crippen molar-refractivity contribution in [1.29, 1.82) is 0 Å². The van der Waals surface area contributed by atoms with Gasteiger partial charge in [0.1, 0.15) is 28.7 Å². The van der Waals surface area contributed by atoms with E-state index in [1.165, 1.54) is 0 Å².